The molecule has 1 aromatic carbocycles. The number of carbonyl (C=O) groups excluding carboxylic acids is 1. The minimum atomic E-state index is 0.00115. The first-order chi connectivity index (χ1) is 13.6. The van der Waals surface area contributed by atoms with E-state index in [0.717, 1.165) is 50.5 Å². The summed E-state index contributed by atoms with van der Waals surface area (Å²) in [6.45, 7) is 8.83. The van der Waals surface area contributed by atoms with Gasteiger partial charge in [-0.3, -0.25) is 9.69 Å². The Kier molecular flexibility index (Phi) is 5.78. The van der Waals surface area contributed by atoms with Gasteiger partial charge in [0.2, 0.25) is 5.91 Å². The molecule has 3 aliphatic rings. The summed E-state index contributed by atoms with van der Waals surface area (Å²) in [7, 11) is 0. The Morgan fingerprint density at radius 3 is 2.93 bits per heavy atom. The van der Waals surface area contributed by atoms with Crippen molar-refractivity contribution in [1.82, 2.24) is 10.2 Å². The van der Waals surface area contributed by atoms with Crippen molar-refractivity contribution in [3.8, 4) is 11.5 Å². The number of benzene rings is 1. The molecule has 1 N–H and O–H groups in total. The molecule has 6 nitrogen and oxygen atoms in total. The van der Waals surface area contributed by atoms with Gasteiger partial charge in [-0.15, -0.1) is 0 Å². The van der Waals surface area contributed by atoms with E-state index in [1.54, 1.807) is 0 Å². The molecule has 1 amide bonds. The van der Waals surface area contributed by atoms with Crippen molar-refractivity contribution in [2.24, 2.45) is 11.8 Å². The number of likely N-dealkylation sites (tertiary alicyclic amines) is 1. The lowest BCUT2D eigenvalue weighted by Gasteiger charge is -2.29. The monoisotopic (exact) mass is 388 g/mol. The van der Waals surface area contributed by atoms with Crippen LogP contribution in [0.4, 0.5) is 0 Å². The topological polar surface area (TPSA) is 60.0 Å². The quantitative estimate of drug-likeness (QED) is 0.704. The molecule has 1 aromatic rings. The van der Waals surface area contributed by atoms with Crippen molar-refractivity contribution in [3.63, 3.8) is 0 Å². The van der Waals surface area contributed by atoms with E-state index in [4.69, 9.17) is 14.2 Å². The molecule has 0 saturated carbocycles. The fraction of sp³-hybridized carbons (Fsp3) is 0.682. The van der Waals surface area contributed by atoms with Crippen LogP contribution in [-0.4, -0.2) is 61.9 Å². The largest absolute Gasteiger partial charge is 0.494 e. The Labute approximate surface area is 167 Å². The summed E-state index contributed by atoms with van der Waals surface area (Å²) in [4.78, 5) is 14.1. The first kappa shape index (κ1) is 19.5. The molecule has 3 aliphatic heterocycles. The van der Waals surface area contributed by atoms with Gasteiger partial charge in [-0.25, -0.2) is 0 Å². The molecule has 4 atom stereocenters. The van der Waals surface area contributed by atoms with Crippen LogP contribution in [0.3, 0.4) is 0 Å². The summed E-state index contributed by atoms with van der Waals surface area (Å²) in [6.07, 6.45) is 3.13. The highest BCUT2D eigenvalue weighted by Gasteiger charge is 2.62. The highest BCUT2D eigenvalue weighted by Crippen LogP contribution is 2.54. The van der Waals surface area contributed by atoms with Crippen LogP contribution in [0.25, 0.3) is 0 Å². The van der Waals surface area contributed by atoms with Gasteiger partial charge in [0.05, 0.1) is 18.3 Å². The predicted molar refractivity (Wildman–Crippen MR) is 107 cm³/mol. The van der Waals surface area contributed by atoms with E-state index < -0.39 is 0 Å². The molecular formula is C22H32N2O4. The fourth-order valence-electron chi connectivity index (χ4n) is 5.20. The predicted octanol–water partition coefficient (Wildman–Crippen LogP) is 2.47. The highest BCUT2D eigenvalue weighted by molar-refractivity contribution is 5.75. The second kappa shape index (κ2) is 8.29. The molecule has 1 spiro atoms. The van der Waals surface area contributed by atoms with Crippen LogP contribution in [0.5, 0.6) is 11.5 Å². The number of fused-ring (bicyclic) bond motifs is 1. The maximum atomic E-state index is 11.7. The number of nitrogens with zero attached hydrogens (tertiary/aromatic N) is 1. The molecule has 0 aromatic heterocycles. The van der Waals surface area contributed by atoms with E-state index >= 15 is 0 Å². The molecule has 0 aliphatic carbocycles. The Morgan fingerprint density at radius 2 is 2.14 bits per heavy atom. The molecule has 154 valence electrons. The van der Waals surface area contributed by atoms with Crippen LogP contribution >= 0.6 is 0 Å². The van der Waals surface area contributed by atoms with Gasteiger partial charge in [0.1, 0.15) is 18.1 Å². The van der Waals surface area contributed by atoms with Crippen LogP contribution in [0.15, 0.2) is 24.3 Å². The van der Waals surface area contributed by atoms with Crippen LogP contribution in [0.2, 0.25) is 0 Å². The smallest absolute Gasteiger partial charge is 0.219 e. The van der Waals surface area contributed by atoms with Gasteiger partial charge in [0.15, 0.2) is 0 Å². The van der Waals surface area contributed by atoms with Crippen molar-refractivity contribution in [1.29, 1.82) is 0 Å². The zero-order chi connectivity index (χ0) is 19.6. The first-order valence-corrected chi connectivity index (χ1v) is 10.7. The van der Waals surface area contributed by atoms with Crippen LogP contribution in [0.1, 0.15) is 33.1 Å². The van der Waals surface area contributed by atoms with Crippen molar-refractivity contribution in [2.75, 3.05) is 39.4 Å². The maximum absolute atomic E-state index is 11.7. The zero-order valence-electron chi connectivity index (χ0n) is 17.0. The number of hydrogen-bond acceptors (Lipinski definition) is 5. The highest BCUT2D eigenvalue weighted by atomic mass is 16.5. The van der Waals surface area contributed by atoms with E-state index in [2.05, 4.69) is 10.2 Å². The van der Waals surface area contributed by atoms with Gasteiger partial charge in [-0.1, -0.05) is 13.0 Å². The number of rotatable bonds is 9. The number of amides is 1. The normalized spacial score (nSPS) is 31.0. The summed E-state index contributed by atoms with van der Waals surface area (Å²) in [6, 6.07) is 7.82. The third-order valence-electron chi connectivity index (χ3n) is 6.50. The van der Waals surface area contributed by atoms with Crippen molar-refractivity contribution >= 4 is 5.91 Å². The average Bonchev–Trinajstić information content (AvgIpc) is 3.35. The molecule has 0 radical (unpaired) electrons. The average molecular weight is 389 g/mol. The van der Waals surface area contributed by atoms with Gasteiger partial charge >= 0.3 is 0 Å². The molecular weight excluding hydrogens is 356 g/mol. The van der Waals surface area contributed by atoms with Crippen LogP contribution < -0.4 is 14.8 Å². The lowest BCUT2D eigenvalue weighted by Crippen LogP contribution is -2.41. The Morgan fingerprint density at radius 1 is 1.32 bits per heavy atom. The molecule has 28 heavy (non-hydrogen) atoms. The first-order valence-electron chi connectivity index (χ1n) is 10.7. The fourth-order valence-corrected chi connectivity index (χ4v) is 5.20. The molecule has 4 rings (SSSR count). The molecule has 3 saturated heterocycles. The molecule has 3 fully saturated rings. The van der Waals surface area contributed by atoms with Gasteiger partial charge < -0.3 is 19.5 Å². The minimum Gasteiger partial charge on any atom is -0.494 e. The molecule has 0 unspecified atom stereocenters. The van der Waals surface area contributed by atoms with Gasteiger partial charge in [-0.2, -0.15) is 0 Å². The van der Waals surface area contributed by atoms with Gasteiger partial charge in [0.25, 0.3) is 0 Å². The van der Waals surface area contributed by atoms with Gasteiger partial charge in [0, 0.05) is 50.5 Å². The van der Waals surface area contributed by atoms with E-state index in [0.29, 0.717) is 37.6 Å². The SMILES string of the molecule is CCOc1cccc(OCCN2C[C@@H]3[C@H](CNC(=O)CC)[C@H]4CC[C@]3(C2)O4)c1. The summed E-state index contributed by atoms with van der Waals surface area (Å²) in [5, 5.41) is 3.09. The van der Waals surface area contributed by atoms with Crippen molar-refractivity contribution in [3.05, 3.63) is 24.3 Å². The molecule has 2 bridgehead atoms. The molecule has 6 heteroatoms. The Hall–Kier alpha value is -1.79. The Balaban J connectivity index is 1.29. The standard InChI is InChI=1S/C22H32N2O4/c1-3-21(25)23-13-18-19-14-24(15-22(19)9-8-20(18)28-22)10-11-27-17-7-5-6-16(12-17)26-4-2/h5-7,12,18-20H,3-4,8-11,13-15H2,1-2H3,(H,23,25)/t18-,19+,20+,22+/m0/s1. The van der Waals surface area contributed by atoms with Gasteiger partial charge in [-0.05, 0) is 31.9 Å². The Bertz CT molecular complexity index is 697. The summed E-state index contributed by atoms with van der Waals surface area (Å²) >= 11 is 0. The second-order valence-corrected chi connectivity index (χ2v) is 8.18. The lowest BCUT2D eigenvalue weighted by atomic mass is 9.73. The maximum Gasteiger partial charge on any atom is 0.219 e. The third-order valence-corrected chi connectivity index (χ3v) is 6.50. The number of carbonyl (C=O) groups is 1. The van der Waals surface area contributed by atoms with Crippen LogP contribution in [0, 0.1) is 11.8 Å². The van der Waals surface area contributed by atoms with Crippen molar-refractivity contribution in [2.45, 2.75) is 44.8 Å². The summed E-state index contributed by atoms with van der Waals surface area (Å²) < 4.78 is 17.9. The number of hydrogen-bond donors (Lipinski definition) is 1. The van der Waals surface area contributed by atoms with Crippen LogP contribution in [-0.2, 0) is 9.53 Å². The van der Waals surface area contributed by atoms with Crippen molar-refractivity contribution < 1.29 is 19.0 Å². The van der Waals surface area contributed by atoms with E-state index in [1.807, 2.05) is 38.1 Å². The summed E-state index contributed by atoms with van der Waals surface area (Å²) in [5.41, 5.74) is 0.00115. The lowest BCUT2D eigenvalue weighted by molar-refractivity contribution is -0.121. The minimum absolute atomic E-state index is 0.00115. The molecule has 3 heterocycles. The number of nitrogens with one attached hydrogen (secondary N) is 1. The third kappa shape index (κ3) is 3.85. The van der Waals surface area contributed by atoms with E-state index in [9.17, 15) is 4.79 Å². The summed E-state index contributed by atoms with van der Waals surface area (Å²) in [5.74, 6) is 2.79. The second-order valence-electron chi connectivity index (χ2n) is 8.18. The van der Waals surface area contributed by atoms with E-state index in [-0.39, 0.29) is 11.5 Å². The van der Waals surface area contributed by atoms with E-state index in [1.165, 1.54) is 0 Å². The zero-order valence-corrected chi connectivity index (χ0v) is 17.0. The number of ether oxygens (including phenoxy) is 3.